The average Bonchev–Trinajstić information content (AvgIpc) is 3.02. The summed E-state index contributed by atoms with van der Waals surface area (Å²) in [6, 6.07) is 15.2. The van der Waals surface area contributed by atoms with E-state index in [0.717, 1.165) is 16.9 Å². The van der Waals surface area contributed by atoms with Gasteiger partial charge in [-0.25, -0.2) is 4.68 Å². The van der Waals surface area contributed by atoms with Crippen LogP contribution >= 0.6 is 0 Å². The van der Waals surface area contributed by atoms with Crippen LogP contribution in [0.25, 0.3) is 5.69 Å². The summed E-state index contributed by atoms with van der Waals surface area (Å²) in [5.74, 6) is 0.269. The summed E-state index contributed by atoms with van der Waals surface area (Å²) in [5.41, 5.74) is 2.91. The molecule has 2 aromatic carbocycles. The van der Waals surface area contributed by atoms with E-state index in [1.54, 1.807) is 29.2 Å². The molecule has 0 aliphatic carbocycles. The number of anilines is 1. The maximum absolute atomic E-state index is 9.58. The van der Waals surface area contributed by atoms with E-state index in [1.807, 2.05) is 43.3 Å². The minimum Gasteiger partial charge on any atom is -0.508 e. The third-order valence-electron chi connectivity index (χ3n) is 3.32. The normalized spacial score (nSPS) is 12.0. The lowest BCUT2D eigenvalue weighted by atomic mass is 10.1. The molecule has 21 heavy (non-hydrogen) atoms. The van der Waals surface area contributed by atoms with Gasteiger partial charge < -0.3 is 10.4 Å². The van der Waals surface area contributed by atoms with E-state index in [1.165, 1.54) is 0 Å². The van der Waals surface area contributed by atoms with E-state index in [2.05, 4.69) is 15.6 Å². The van der Waals surface area contributed by atoms with Crippen molar-refractivity contribution >= 4 is 5.69 Å². The van der Waals surface area contributed by atoms with Crippen LogP contribution in [-0.2, 0) is 0 Å². The van der Waals surface area contributed by atoms with Crippen molar-refractivity contribution in [2.24, 2.45) is 0 Å². The second kappa shape index (κ2) is 5.66. The summed E-state index contributed by atoms with van der Waals surface area (Å²) in [6.07, 6.45) is 3.45. The van der Waals surface area contributed by atoms with Crippen LogP contribution in [0, 0.1) is 0 Å². The molecular weight excluding hydrogens is 264 g/mol. The molecule has 1 heterocycles. The molecule has 1 atom stereocenters. The van der Waals surface area contributed by atoms with E-state index < -0.39 is 0 Å². The Morgan fingerprint density at radius 2 is 2.00 bits per heavy atom. The molecule has 0 radical (unpaired) electrons. The maximum atomic E-state index is 9.58. The Morgan fingerprint density at radius 1 is 1.14 bits per heavy atom. The molecule has 5 heteroatoms. The lowest BCUT2D eigenvalue weighted by molar-refractivity contribution is 0.474. The zero-order valence-corrected chi connectivity index (χ0v) is 11.6. The molecule has 0 aliphatic heterocycles. The van der Waals surface area contributed by atoms with Crippen LogP contribution in [0.1, 0.15) is 18.5 Å². The van der Waals surface area contributed by atoms with E-state index >= 15 is 0 Å². The number of benzene rings is 2. The van der Waals surface area contributed by atoms with Crippen LogP contribution in [0.5, 0.6) is 5.75 Å². The molecule has 1 unspecified atom stereocenters. The molecule has 3 aromatic rings. The quantitative estimate of drug-likeness (QED) is 0.770. The number of phenolic OH excluding ortho intramolecular Hbond substituents is 1. The van der Waals surface area contributed by atoms with Gasteiger partial charge in [0, 0.05) is 6.04 Å². The van der Waals surface area contributed by atoms with Crippen molar-refractivity contribution in [2.75, 3.05) is 5.32 Å². The van der Waals surface area contributed by atoms with Crippen LogP contribution in [0.15, 0.2) is 60.9 Å². The Kier molecular flexibility index (Phi) is 3.55. The molecular formula is C16H16N4O. The highest BCUT2D eigenvalue weighted by molar-refractivity contribution is 5.61. The summed E-state index contributed by atoms with van der Waals surface area (Å²) < 4.78 is 1.72. The highest BCUT2D eigenvalue weighted by atomic mass is 16.3. The van der Waals surface area contributed by atoms with Gasteiger partial charge in [-0.3, -0.25) is 0 Å². The van der Waals surface area contributed by atoms with Gasteiger partial charge in [-0.1, -0.05) is 29.5 Å². The smallest absolute Gasteiger partial charge is 0.115 e. The van der Waals surface area contributed by atoms with Crippen molar-refractivity contribution in [3.05, 3.63) is 66.5 Å². The van der Waals surface area contributed by atoms with Crippen molar-refractivity contribution in [1.82, 2.24) is 15.0 Å². The molecule has 0 fully saturated rings. The van der Waals surface area contributed by atoms with Crippen molar-refractivity contribution in [3.8, 4) is 11.4 Å². The van der Waals surface area contributed by atoms with Crippen molar-refractivity contribution in [1.29, 1.82) is 0 Å². The molecule has 0 amide bonds. The average molecular weight is 280 g/mol. The van der Waals surface area contributed by atoms with Crippen molar-refractivity contribution in [2.45, 2.75) is 13.0 Å². The SMILES string of the molecule is CC(Nc1ccccc1-n1ccnn1)c1cccc(O)c1. The first-order chi connectivity index (χ1) is 10.2. The van der Waals surface area contributed by atoms with E-state index in [4.69, 9.17) is 0 Å². The summed E-state index contributed by atoms with van der Waals surface area (Å²) in [7, 11) is 0. The van der Waals surface area contributed by atoms with Gasteiger partial charge in [-0.15, -0.1) is 5.10 Å². The number of rotatable bonds is 4. The van der Waals surface area contributed by atoms with Crippen molar-refractivity contribution in [3.63, 3.8) is 0 Å². The van der Waals surface area contributed by atoms with Crippen LogP contribution in [0.2, 0.25) is 0 Å². The van der Waals surface area contributed by atoms with Gasteiger partial charge in [0.2, 0.25) is 0 Å². The molecule has 3 rings (SSSR count). The van der Waals surface area contributed by atoms with E-state index in [9.17, 15) is 5.11 Å². The fourth-order valence-electron chi connectivity index (χ4n) is 2.24. The Balaban J connectivity index is 1.88. The van der Waals surface area contributed by atoms with Gasteiger partial charge >= 0.3 is 0 Å². The number of phenols is 1. The molecule has 106 valence electrons. The molecule has 5 nitrogen and oxygen atoms in total. The van der Waals surface area contributed by atoms with Gasteiger partial charge in [0.25, 0.3) is 0 Å². The zero-order chi connectivity index (χ0) is 14.7. The third-order valence-corrected chi connectivity index (χ3v) is 3.32. The first kappa shape index (κ1) is 13.2. The first-order valence-corrected chi connectivity index (χ1v) is 6.75. The Bertz CT molecular complexity index is 725. The number of hydrogen-bond donors (Lipinski definition) is 2. The zero-order valence-electron chi connectivity index (χ0n) is 11.6. The number of hydrogen-bond acceptors (Lipinski definition) is 4. The van der Waals surface area contributed by atoms with Crippen LogP contribution < -0.4 is 5.32 Å². The lowest BCUT2D eigenvalue weighted by Gasteiger charge is -2.18. The summed E-state index contributed by atoms with van der Waals surface area (Å²) in [4.78, 5) is 0. The molecule has 1 aromatic heterocycles. The minimum atomic E-state index is 0.0572. The second-order valence-corrected chi connectivity index (χ2v) is 4.83. The van der Waals surface area contributed by atoms with Gasteiger partial charge in [0.15, 0.2) is 0 Å². The molecule has 0 bridgehead atoms. The summed E-state index contributed by atoms with van der Waals surface area (Å²) in [6.45, 7) is 2.05. The lowest BCUT2D eigenvalue weighted by Crippen LogP contribution is -2.09. The first-order valence-electron chi connectivity index (χ1n) is 6.75. The largest absolute Gasteiger partial charge is 0.508 e. The number of aromatic nitrogens is 3. The summed E-state index contributed by atoms with van der Waals surface area (Å²) in [5, 5.41) is 20.9. The van der Waals surface area contributed by atoms with Gasteiger partial charge in [-0.05, 0) is 36.8 Å². The van der Waals surface area contributed by atoms with Crippen molar-refractivity contribution < 1.29 is 5.11 Å². The number of nitrogens with zero attached hydrogens (tertiary/aromatic N) is 3. The third kappa shape index (κ3) is 2.86. The fourth-order valence-corrected chi connectivity index (χ4v) is 2.24. The molecule has 2 N–H and O–H groups in total. The van der Waals surface area contributed by atoms with Gasteiger partial charge in [0.1, 0.15) is 5.75 Å². The Hall–Kier alpha value is -2.82. The maximum Gasteiger partial charge on any atom is 0.115 e. The monoisotopic (exact) mass is 280 g/mol. The molecule has 0 saturated carbocycles. The van der Waals surface area contributed by atoms with Crippen LogP contribution in [-0.4, -0.2) is 20.1 Å². The van der Waals surface area contributed by atoms with Gasteiger partial charge in [0.05, 0.1) is 23.8 Å². The number of nitrogens with one attached hydrogen (secondary N) is 1. The highest BCUT2D eigenvalue weighted by Crippen LogP contribution is 2.25. The van der Waals surface area contributed by atoms with Crippen LogP contribution in [0.4, 0.5) is 5.69 Å². The second-order valence-electron chi connectivity index (χ2n) is 4.83. The number of aromatic hydroxyl groups is 1. The fraction of sp³-hybridized carbons (Fsp3) is 0.125. The van der Waals surface area contributed by atoms with Gasteiger partial charge in [-0.2, -0.15) is 0 Å². The molecule has 0 spiro atoms. The highest BCUT2D eigenvalue weighted by Gasteiger charge is 2.10. The topological polar surface area (TPSA) is 63.0 Å². The standard InChI is InChI=1S/C16H16N4O/c1-12(13-5-4-6-14(21)11-13)18-15-7-2-3-8-16(15)20-10-9-17-19-20/h2-12,18,21H,1H3. The van der Waals surface area contributed by atoms with Crippen LogP contribution in [0.3, 0.4) is 0 Å². The Labute approximate surface area is 122 Å². The van der Waals surface area contributed by atoms with E-state index in [0.29, 0.717) is 0 Å². The molecule has 0 saturated heterocycles. The molecule has 0 aliphatic rings. The van der Waals surface area contributed by atoms with E-state index in [-0.39, 0.29) is 11.8 Å². The number of para-hydroxylation sites is 2. The Morgan fingerprint density at radius 3 is 2.76 bits per heavy atom. The predicted octanol–water partition coefficient (Wildman–Crippen LogP) is 3.15. The summed E-state index contributed by atoms with van der Waals surface area (Å²) >= 11 is 0. The minimum absolute atomic E-state index is 0.0572. The predicted molar refractivity (Wildman–Crippen MR) is 81.5 cm³/mol.